The fourth-order valence-electron chi connectivity index (χ4n) is 1.35. The summed E-state index contributed by atoms with van der Waals surface area (Å²) in [5.41, 5.74) is 0.687. The Morgan fingerprint density at radius 3 is 2.59 bits per heavy atom. The minimum atomic E-state index is -0.293. The third-order valence-corrected chi connectivity index (χ3v) is 2.25. The standard InChI is InChI=1S/C12H10ClFN2O/c1-8-15-10(6-12(13)16-8)7-17-11-4-2-9(14)3-5-11/h2-6H,7H2,1H3. The van der Waals surface area contributed by atoms with Gasteiger partial charge in [-0.05, 0) is 31.2 Å². The van der Waals surface area contributed by atoms with Gasteiger partial charge in [-0.2, -0.15) is 0 Å². The summed E-state index contributed by atoms with van der Waals surface area (Å²) in [5.74, 6) is 0.882. The van der Waals surface area contributed by atoms with E-state index in [1.165, 1.54) is 12.1 Å². The number of benzene rings is 1. The van der Waals surface area contributed by atoms with Crippen molar-refractivity contribution in [3.05, 3.63) is 52.8 Å². The third kappa shape index (κ3) is 3.39. The Morgan fingerprint density at radius 1 is 1.24 bits per heavy atom. The van der Waals surface area contributed by atoms with E-state index in [9.17, 15) is 4.39 Å². The van der Waals surface area contributed by atoms with Crippen LogP contribution in [0, 0.1) is 12.7 Å². The molecule has 0 amide bonds. The number of hydrogen-bond acceptors (Lipinski definition) is 3. The Bertz CT molecular complexity index is 496. The van der Waals surface area contributed by atoms with Crippen LogP contribution < -0.4 is 4.74 Å². The number of aromatic nitrogens is 2. The highest BCUT2D eigenvalue weighted by atomic mass is 35.5. The van der Waals surface area contributed by atoms with Crippen LogP contribution in [0.15, 0.2) is 30.3 Å². The molecule has 0 saturated carbocycles. The fourth-order valence-corrected chi connectivity index (χ4v) is 1.60. The topological polar surface area (TPSA) is 35.0 Å². The van der Waals surface area contributed by atoms with Crippen molar-refractivity contribution in [3.63, 3.8) is 0 Å². The minimum Gasteiger partial charge on any atom is -0.487 e. The molecule has 0 N–H and O–H groups in total. The number of ether oxygens (including phenoxy) is 1. The highest BCUT2D eigenvalue weighted by molar-refractivity contribution is 6.29. The Kier molecular flexibility index (Phi) is 3.54. The third-order valence-electron chi connectivity index (χ3n) is 2.06. The zero-order valence-electron chi connectivity index (χ0n) is 9.15. The lowest BCUT2D eigenvalue weighted by Crippen LogP contribution is -2.01. The molecule has 0 bridgehead atoms. The van der Waals surface area contributed by atoms with E-state index >= 15 is 0 Å². The molecule has 1 heterocycles. The Balaban J connectivity index is 2.04. The molecule has 0 spiro atoms. The Labute approximate surface area is 103 Å². The first-order chi connectivity index (χ1) is 8.13. The van der Waals surface area contributed by atoms with Crippen LogP contribution in [0.3, 0.4) is 0 Å². The summed E-state index contributed by atoms with van der Waals surface area (Å²) in [6.45, 7) is 2.03. The summed E-state index contributed by atoms with van der Waals surface area (Å²) >= 11 is 5.80. The van der Waals surface area contributed by atoms with Gasteiger partial charge in [0.25, 0.3) is 0 Å². The zero-order chi connectivity index (χ0) is 12.3. The number of hydrogen-bond donors (Lipinski definition) is 0. The van der Waals surface area contributed by atoms with Crippen molar-refractivity contribution in [2.75, 3.05) is 0 Å². The minimum absolute atomic E-state index is 0.273. The maximum Gasteiger partial charge on any atom is 0.133 e. The van der Waals surface area contributed by atoms with E-state index in [1.54, 1.807) is 25.1 Å². The van der Waals surface area contributed by atoms with Gasteiger partial charge in [-0.3, -0.25) is 0 Å². The number of rotatable bonds is 3. The van der Waals surface area contributed by atoms with Crippen LogP contribution in [0.1, 0.15) is 11.5 Å². The molecule has 0 unspecified atom stereocenters. The normalized spacial score (nSPS) is 10.3. The predicted molar refractivity (Wildman–Crippen MR) is 62.5 cm³/mol. The van der Waals surface area contributed by atoms with Crippen LogP contribution >= 0.6 is 11.6 Å². The van der Waals surface area contributed by atoms with Crippen LogP contribution in [-0.2, 0) is 6.61 Å². The molecule has 3 nitrogen and oxygen atoms in total. The summed E-state index contributed by atoms with van der Waals surface area (Å²) in [5, 5.41) is 0.384. The van der Waals surface area contributed by atoms with E-state index in [4.69, 9.17) is 16.3 Å². The molecule has 0 aliphatic heterocycles. The molecule has 2 rings (SSSR count). The predicted octanol–water partition coefficient (Wildman–Crippen LogP) is 3.16. The van der Waals surface area contributed by atoms with E-state index in [0.717, 1.165) is 0 Å². The van der Waals surface area contributed by atoms with Gasteiger partial charge in [0, 0.05) is 6.07 Å². The van der Waals surface area contributed by atoms with Gasteiger partial charge in [-0.1, -0.05) is 11.6 Å². The second kappa shape index (κ2) is 5.10. The molecule has 0 radical (unpaired) electrons. The molecule has 88 valence electrons. The van der Waals surface area contributed by atoms with Gasteiger partial charge in [0.1, 0.15) is 29.2 Å². The quantitative estimate of drug-likeness (QED) is 0.787. The number of aryl methyl sites for hydroxylation is 1. The SMILES string of the molecule is Cc1nc(Cl)cc(COc2ccc(F)cc2)n1. The smallest absolute Gasteiger partial charge is 0.133 e. The van der Waals surface area contributed by atoms with Crippen LogP contribution in [-0.4, -0.2) is 9.97 Å². The highest BCUT2D eigenvalue weighted by Gasteiger charge is 2.01. The van der Waals surface area contributed by atoms with Gasteiger partial charge < -0.3 is 4.74 Å². The van der Waals surface area contributed by atoms with E-state index in [0.29, 0.717) is 22.4 Å². The molecular weight excluding hydrogens is 243 g/mol. The summed E-state index contributed by atoms with van der Waals surface area (Å²) in [4.78, 5) is 8.12. The average molecular weight is 253 g/mol. The van der Waals surface area contributed by atoms with E-state index in [-0.39, 0.29) is 12.4 Å². The van der Waals surface area contributed by atoms with Crippen molar-refractivity contribution in [2.24, 2.45) is 0 Å². The molecule has 0 aliphatic carbocycles. The van der Waals surface area contributed by atoms with Crippen LogP contribution in [0.25, 0.3) is 0 Å². The van der Waals surface area contributed by atoms with Crippen LogP contribution in [0.4, 0.5) is 4.39 Å². The van der Waals surface area contributed by atoms with Gasteiger partial charge in [0.05, 0.1) is 5.69 Å². The fraction of sp³-hybridized carbons (Fsp3) is 0.167. The van der Waals surface area contributed by atoms with Crippen molar-refractivity contribution in [2.45, 2.75) is 13.5 Å². The van der Waals surface area contributed by atoms with E-state index in [1.807, 2.05) is 0 Å². The first-order valence-corrected chi connectivity index (χ1v) is 5.40. The summed E-state index contributed by atoms with van der Waals surface area (Å²) in [7, 11) is 0. The molecular formula is C12H10ClFN2O. The number of halogens is 2. The first kappa shape index (κ1) is 11.8. The first-order valence-electron chi connectivity index (χ1n) is 5.02. The van der Waals surface area contributed by atoms with E-state index in [2.05, 4.69) is 9.97 Å². The van der Waals surface area contributed by atoms with Crippen LogP contribution in [0.5, 0.6) is 5.75 Å². The van der Waals surface area contributed by atoms with Crippen molar-refractivity contribution < 1.29 is 9.13 Å². The van der Waals surface area contributed by atoms with Crippen molar-refractivity contribution in [3.8, 4) is 5.75 Å². The summed E-state index contributed by atoms with van der Waals surface area (Å²) in [6.07, 6.45) is 0. The molecule has 0 aliphatic rings. The van der Waals surface area contributed by atoms with Crippen molar-refractivity contribution in [1.29, 1.82) is 0 Å². The Morgan fingerprint density at radius 2 is 1.94 bits per heavy atom. The molecule has 2 aromatic rings. The lowest BCUT2D eigenvalue weighted by Gasteiger charge is -2.06. The maximum absolute atomic E-state index is 12.7. The van der Waals surface area contributed by atoms with Crippen LogP contribution in [0.2, 0.25) is 5.15 Å². The molecule has 1 aromatic carbocycles. The van der Waals surface area contributed by atoms with Gasteiger partial charge in [-0.25, -0.2) is 14.4 Å². The van der Waals surface area contributed by atoms with Gasteiger partial charge in [0.2, 0.25) is 0 Å². The van der Waals surface area contributed by atoms with Crippen molar-refractivity contribution >= 4 is 11.6 Å². The molecule has 17 heavy (non-hydrogen) atoms. The highest BCUT2D eigenvalue weighted by Crippen LogP contribution is 2.14. The van der Waals surface area contributed by atoms with Gasteiger partial charge >= 0.3 is 0 Å². The molecule has 0 atom stereocenters. The van der Waals surface area contributed by atoms with E-state index < -0.39 is 0 Å². The average Bonchev–Trinajstić information content (AvgIpc) is 2.27. The second-order valence-electron chi connectivity index (χ2n) is 3.47. The molecule has 0 saturated heterocycles. The second-order valence-corrected chi connectivity index (χ2v) is 3.86. The summed E-state index contributed by atoms with van der Waals surface area (Å²) in [6, 6.07) is 7.44. The van der Waals surface area contributed by atoms with Gasteiger partial charge in [-0.15, -0.1) is 0 Å². The zero-order valence-corrected chi connectivity index (χ0v) is 9.91. The Hall–Kier alpha value is -1.68. The largest absolute Gasteiger partial charge is 0.487 e. The molecule has 5 heteroatoms. The lowest BCUT2D eigenvalue weighted by atomic mass is 10.3. The summed E-state index contributed by atoms with van der Waals surface area (Å²) < 4.78 is 18.1. The van der Waals surface area contributed by atoms with Crippen molar-refractivity contribution in [1.82, 2.24) is 9.97 Å². The number of nitrogens with zero attached hydrogens (tertiary/aromatic N) is 2. The molecule has 1 aromatic heterocycles. The molecule has 0 fully saturated rings. The lowest BCUT2D eigenvalue weighted by molar-refractivity contribution is 0.300. The maximum atomic E-state index is 12.7. The monoisotopic (exact) mass is 252 g/mol. The van der Waals surface area contributed by atoms with Gasteiger partial charge in [0.15, 0.2) is 0 Å².